The highest BCUT2D eigenvalue weighted by Crippen LogP contribution is 1.99. The molecule has 0 spiro atoms. The van der Waals surface area contributed by atoms with E-state index in [2.05, 4.69) is 10.3 Å². The molecule has 1 aromatic rings. The van der Waals surface area contributed by atoms with Gasteiger partial charge in [0.25, 0.3) is 0 Å². The van der Waals surface area contributed by atoms with Crippen molar-refractivity contribution in [1.29, 1.82) is 0 Å². The van der Waals surface area contributed by atoms with Crippen LogP contribution in [0.5, 0.6) is 0 Å². The molecule has 5 heteroatoms. The van der Waals surface area contributed by atoms with Crippen LogP contribution in [0.1, 0.15) is 22.5 Å². The summed E-state index contributed by atoms with van der Waals surface area (Å²) in [5, 5.41) is 20.3. The molecule has 1 aromatic heterocycles. The van der Waals surface area contributed by atoms with Crippen molar-refractivity contribution in [2.24, 2.45) is 0 Å². The molecule has 0 amide bonds. The van der Waals surface area contributed by atoms with E-state index in [9.17, 15) is 4.79 Å². The summed E-state index contributed by atoms with van der Waals surface area (Å²) in [6.07, 6.45) is 2.04. The molecule has 0 aliphatic carbocycles. The molecule has 0 aromatic carbocycles. The Morgan fingerprint density at radius 2 is 2.27 bits per heavy atom. The zero-order chi connectivity index (χ0) is 11.1. The van der Waals surface area contributed by atoms with Crippen molar-refractivity contribution in [2.45, 2.75) is 13.0 Å². The predicted octanol–water partition coefficient (Wildman–Crippen LogP) is 0.252. The standard InChI is InChI=1S/C10H14N2O3/c13-5-1-4-11-7-9-3-2-8(6-12-9)10(14)15/h2-3,6,11,13H,1,4-5,7H2,(H,14,15). The van der Waals surface area contributed by atoms with Gasteiger partial charge in [0.15, 0.2) is 0 Å². The third kappa shape index (κ3) is 4.05. The van der Waals surface area contributed by atoms with E-state index in [4.69, 9.17) is 10.2 Å². The van der Waals surface area contributed by atoms with E-state index in [1.807, 2.05) is 0 Å². The number of aromatic nitrogens is 1. The van der Waals surface area contributed by atoms with Gasteiger partial charge in [-0.15, -0.1) is 0 Å². The van der Waals surface area contributed by atoms with Gasteiger partial charge >= 0.3 is 5.97 Å². The fraction of sp³-hybridized carbons (Fsp3) is 0.400. The van der Waals surface area contributed by atoms with E-state index in [0.29, 0.717) is 13.0 Å². The Morgan fingerprint density at radius 1 is 1.47 bits per heavy atom. The molecule has 0 atom stereocenters. The summed E-state index contributed by atoms with van der Waals surface area (Å²) in [6, 6.07) is 3.20. The first-order valence-corrected chi connectivity index (χ1v) is 4.74. The number of rotatable bonds is 6. The lowest BCUT2D eigenvalue weighted by atomic mass is 10.2. The maximum absolute atomic E-state index is 10.5. The van der Waals surface area contributed by atoms with Crippen molar-refractivity contribution >= 4 is 5.97 Å². The van der Waals surface area contributed by atoms with Crippen LogP contribution in [-0.2, 0) is 6.54 Å². The van der Waals surface area contributed by atoms with E-state index < -0.39 is 5.97 Å². The highest BCUT2D eigenvalue weighted by atomic mass is 16.4. The second-order valence-corrected chi connectivity index (χ2v) is 3.10. The number of aliphatic hydroxyl groups excluding tert-OH is 1. The number of carbonyl (C=O) groups is 1. The number of carboxylic acids is 1. The van der Waals surface area contributed by atoms with Crippen LogP contribution in [0.15, 0.2) is 18.3 Å². The summed E-state index contributed by atoms with van der Waals surface area (Å²) < 4.78 is 0. The fourth-order valence-electron chi connectivity index (χ4n) is 1.08. The summed E-state index contributed by atoms with van der Waals surface area (Å²) >= 11 is 0. The molecule has 3 N–H and O–H groups in total. The van der Waals surface area contributed by atoms with Gasteiger partial charge < -0.3 is 15.5 Å². The van der Waals surface area contributed by atoms with E-state index in [-0.39, 0.29) is 12.2 Å². The first-order valence-electron chi connectivity index (χ1n) is 4.74. The van der Waals surface area contributed by atoms with Gasteiger partial charge in [-0.3, -0.25) is 4.98 Å². The minimum atomic E-state index is -0.970. The molecule has 0 saturated carbocycles. The molecular formula is C10H14N2O3. The van der Waals surface area contributed by atoms with Crippen LogP contribution in [0.2, 0.25) is 0 Å². The number of aromatic carboxylic acids is 1. The monoisotopic (exact) mass is 210 g/mol. The summed E-state index contributed by atoms with van der Waals surface area (Å²) in [5.74, 6) is -0.970. The molecule has 0 unspecified atom stereocenters. The van der Waals surface area contributed by atoms with Gasteiger partial charge in [0.05, 0.1) is 11.3 Å². The molecule has 1 heterocycles. The van der Waals surface area contributed by atoms with E-state index >= 15 is 0 Å². The van der Waals surface area contributed by atoms with E-state index in [1.165, 1.54) is 12.3 Å². The Bertz CT molecular complexity index is 311. The molecular weight excluding hydrogens is 196 g/mol. The summed E-state index contributed by atoms with van der Waals surface area (Å²) in [6.45, 7) is 1.47. The number of hydrogen-bond donors (Lipinski definition) is 3. The Hall–Kier alpha value is -1.46. The fourth-order valence-corrected chi connectivity index (χ4v) is 1.08. The van der Waals surface area contributed by atoms with Crippen LogP contribution >= 0.6 is 0 Å². The third-order valence-electron chi connectivity index (χ3n) is 1.89. The molecule has 0 bridgehead atoms. The van der Waals surface area contributed by atoms with Crippen molar-refractivity contribution in [3.05, 3.63) is 29.6 Å². The maximum atomic E-state index is 10.5. The van der Waals surface area contributed by atoms with Gasteiger partial charge in [-0.05, 0) is 25.1 Å². The minimum Gasteiger partial charge on any atom is -0.478 e. The van der Waals surface area contributed by atoms with Gasteiger partial charge in [-0.2, -0.15) is 0 Å². The molecule has 0 fully saturated rings. The highest BCUT2D eigenvalue weighted by Gasteiger charge is 2.02. The lowest BCUT2D eigenvalue weighted by molar-refractivity contribution is 0.0696. The van der Waals surface area contributed by atoms with Crippen LogP contribution in [0.3, 0.4) is 0 Å². The number of carboxylic acid groups (broad SMARTS) is 1. The molecule has 82 valence electrons. The van der Waals surface area contributed by atoms with E-state index in [1.54, 1.807) is 6.07 Å². The van der Waals surface area contributed by atoms with Crippen LogP contribution in [0.25, 0.3) is 0 Å². The highest BCUT2D eigenvalue weighted by molar-refractivity contribution is 5.87. The smallest absolute Gasteiger partial charge is 0.337 e. The van der Waals surface area contributed by atoms with Crippen molar-refractivity contribution < 1.29 is 15.0 Å². The minimum absolute atomic E-state index is 0.165. The SMILES string of the molecule is O=C(O)c1ccc(CNCCCO)nc1. The topological polar surface area (TPSA) is 82.5 Å². The second kappa shape index (κ2) is 6.10. The van der Waals surface area contributed by atoms with Gasteiger partial charge in [0.1, 0.15) is 0 Å². The number of nitrogens with zero attached hydrogens (tertiary/aromatic N) is 1. The quantitative estimate of drug-likeness (QED) is 0.586. The zero-order valence-corrected chi connectivity index (χ0v) is 8.31. The van der Waals surface area contributed by atoms with Crippen molar-refractivity contribution in [1.82, 2.24) is 10.3 Å². The van der Waals surface area contributed by atoms with Crippen molar-refractivity contribution in [2.75, 3.05) is 13.2 Å². The van der Waals surface area contributed by atoms with E-state index in [0.717, 1.165) is 12.2 Å². The summed E-state index contributed by atoms with van der Waals surface area (Å²) in [7, 11) is 0. The molecule has 0 aliphatic heterocycles. The zero-order valence-electron chi connectivity index (χ0n) is 8.31. The average molecular weight is 210 g/mol. The lowest BCUT2D eigenvalue weighted by Gasteiger charge is -2.03. The molecule has 0 radical (unpaired) electrons. The van der Waals surface area contributed by atoms with Crippen LogP contribution in [0.4, 0.5) is 0 Å². The predicted molar refractivity (Wildman–Crippen MR) is 54.6 cm³/mol. The number of pyridine rings is 1. The van der Waals surface area contributed by atoms with Gasteiger partial charge in [0.2, 0.25) is 0 Å². The first kappa shape index (κ1) is 11.6. The molecule has 5 nitrogen and oxygen atoms in total. The molecule has 0 aliphatic rings. The van der Waals surface area contributed by atoms with Crippen molar-refractivity contribution in [3.63, 3.8) is 0 Å². The maximum Gasteiger partial charge on any atom is 0.337 e. The van der Waals surface area contributed by atoms with Gasteiger partial charge in [-0.1, -0.05) is 0 Å². The second-order valence-electron chi connectivity index (χ2n) is 3.10. The van der Waals surface area contributed by atoms with Crippen LogP contribution in [-0.4, -0.2) is 34.3 Å². The molecule has 15 heavy (non-hydrogen) atoms. The Labute approximate surface area is 87.8 Å². The third-order valence-corrected chi connectivity index (χ3v) is 1.89. The summed E-state index contributed by atoms with van der Waals surface area (Å²) in [4.78, 5) is 14.5. The number of aliphatic hydroxyl groups is 1. The summed E-state index contributed by atoms with van der Waals surface area (Å²) in [5.41, 5.74) is 0.979. The average Bonchev–Trinajstić information content (AvgIpc) is 2.25. The van der Waals surface area contributed by atoms with Crippen LogP contribution < -0.4 is 5.32 Å². The first-order chi connectivity index (χ1) is 7.24. The van der Waals surface area contributed by atoms with Crippen LogP contribution in [0, 0.1) is 0 Å². The molecule has 1 rings (SSSR count). The normalized spacial score (nSPS) is 10.2. The lowest BCUT2D eigenvalue weighted by Crippen LogP contribution is -2.16. The van der Waals surface area contributed by atoms with Gasteiger partial charge in [-0.25, -0.2) is 4.79 Å². The Kier molecular flexibility index (Phi) is 4.73. The molecule has 0 saturated heterocycles. The van der Waals surface area contributed by atoms with Crippen molar-refractivity contribution in [3.8, 4) is 0 Å². The number of nitrogens with one attached hydrogen (secondary N) is 1. The Balaban J connectivity index is 2.39. The number of hydrogen-bond acceptors (Lipinski definition) is 4. The largest absolute Gasteiger partial charge is 0.478 e. The Morgan fingerprint density at radius 3 is 2.80 bits per heavy atom. The van der Waals surface area contributed by atoms with Gasteiger partial charge in [0, 0.05) is 19.3 Å².